The molecule has 2 heterocycles. The van der Waals surface area contributed by atoms with E-state index in [-0.39, 0.29) is 25.3 Å². The molecule has 18 heavy (non-hydrogen) atoms. The highest BCUT2D eigenvalue weighted by atomic mass is 16.5. The molecular formula is C12H20N2O4. The first kappa shape index (κ1) is 13.1. The lowest BCUT2D eigenvalue weighted by atomic mass is 9.85. The number of amides is 2. The molecular weight excluding hydrogens is 236 g/mol. The molecule has 2 aliphatic heterocycles. The topological polar surface area (TPSA) is 78.9 Å². The summed E-state index contributed by atoms with van der Waals surface area (Å²) >= 11 is 0. The molecule has 2 amide bonds. The average Bonchev–Trinajstić information content (AvgIpc) is 2.87. The lowest BCUT2D eigenvalue weighted by molar-refractivity contribution is -0.148. The predicted octanol–water partition coefficient (Wildman–Crippen LogP) is 0.670. The molecule has 2 rings (SSSR count). The molecule has 2 saturated heterocycles. The Kier molecular flexibility index (Phi) is 3.47. The van der Waals surface area contributed by atoms with Gasteiger partial charge in [-0.25, -0.2) is 4.79 Å². The van der Waals surface area contributed by atoms with Gasteiger partial charge in [0.2, 0.25) is 0 Å². The van der Waals surface area contributed by atoms with Crippen molar-refractivity contribution in [2.75, 3.05) is 19.8 Å². The van der Waals surface area contributed by atoms with Crippen molar-refractivity contribution in [3.63, 3.8) is 0 Å². The van der Waals surface area contributed by atoms with Crippen LogP contribution in [-0.4, -0.2) is 53.8 Å². The maximum absolute atomic E-state index is 12.1. The summed E-state index contributed by atoms with van der Waals surface area (Å²) in [6.45, 7) is 4.76. The van der Waals surface area contributed by atoms with E-state index in [1.807, 2.05) is 6.92 Å². The Balaban J connectivity index is 2.00. The zero-order valence-corrected chi connectivity index (χ0v) is 10.8. The number of rotatable bonds is 2. The number of carboxylic acid groups (broad SMARTS) is 1. The van der Waals surface area contributed by atoms with Gasteiger partial charge in [0.15, 0.2) is 0 Å². The van der Waals surface area contributed by atoms with E-state index in [2.05, 4.69) is 5.32 Å². The number of ether oxygens (including phenoxy) is 1. The van der Waals surface area contributed by atoms with Crippen LogP contribution in [0.1, 0.15) is 26.7 Å². The fraction of sp³-hybridized carbons (Fsp3) is 0.833. The molecule has 0 aliphatic carbocycles. The number of carboxylic acids is 1. The van der Waals surface area contributed by atoms with E-state index in [1.54, 1.807) is 11.8 Å². The summed E-state index contributed by atoms with van der Waals surface area (Å²) in [6.07, 6.45) is 2.01. The smallest absolute Gasteiger partial charge is 0.317 e. The summed E-state index contributed by atoms with van der Waals surface area (Å²) in [5.74, 6) is -0.931. The van der Waals surface area contributed by atoms with E-state index < -0.39 is 17.4 Å². The molecule has 0 spiro atoms. The van der Waals surface area contributed by atoms with Crippen molar-refractivity contribution in [2.45, 2.75) is 38.8 Å². The highest BCUT2D eigenvalue weighted by Crippen LogP contribution is 2.29. The van der Waals surface area contributed by atoms with Crippen LogP contribution in [0.2, 0.25) is 0 Å². The van der Waals surface area contributed by atoms with Crippen LogP contribution in [0.3, 0.4) is 0 Å². The minimum atomic E-state index is -1.03. The summed E-state index contributed by atoms with van der Waals surface area (Å²) in [4.78, 5) is 25.1. The monoisotopic (exact) mass is 256 g/mol. The van der Waals surface area contributed by atoms with E-state index in [1.165, 1.54) is 0 Å². The number of hydrogen-bond acceptors (Lipinski definition) is 3. The Morgan fingerprint density at radius 3 is 2.78 bits per heavy atom. The predicted molar refractivity (Wildman–Crippen MR) is 64.3 cm³/mol. The number of urea groups is 1. The van der Waals surface area contributed by atoms with Crippen LogP contribution >= 0.6 is 0 Å². The van der Waals surface area contributed by atoms with Crippen molar-refractivity contribution in [1.29, 1.82) is 0 Å². The van der Waals surface area contributed by atoms with Crippen LogP contribution in [0.4, 0.5) is 4.79 Å². The number of aliphatic carboxylic acids is 1. The van der Waals surface area contributed by atoms with E-state index in [0.29, 0.717) is 0 Å². The van der Waals surface area contributed by atoms with Gasteiger partial charge < -0.3 is 20.1 Å². The first-order valence-electron chi connectivity index (χ1n) is 6.33. The summed E-state index contributed by atoms with van der Waals surface area (Å²) in [7, 11) is 0. The van der Waals surface area contributed by atoms with Gasteiger partial charge in [0.05, 0.1) is 19.3 Å². The standard InChI is InChI=1S/C12H20N2O4/c1-8-4-3-5-14(8)11(17)13-9-6-18-7-12(9,2)10(15)16/h8-9H,3-7H2,1-2H3,(H,13,17)(H,15,16). The number of carbonyl (C=O) groups excluding carboxylic acids is 1. The number of likely N-dealkylation sites (tertiary alicyclic amines) is 1. The van der Waals surface area contributed by atoms with Crippen molar-refractivity contribution in [2.24, 2.45) is 5.41 Å². The van der Waals surface area contributed by atoms with Gasteiger partial charge in [0.1, 0.15) is 5.41 Å². The Hall–Kier alpha value is -1.30. The third-order valence-corrected chi connectivity index (χ3v) is 4.06. The number of hydrogen-bond donors (Lipinski definition) is 2. The molecule has 0 aromatic rings. The minimum Gasteiger partial charge on any atom is -0.481 e. The summed E-state index contributed by atoms with van der Waals surface area (Å²) < 4.78 is 5.21. The number of carbonyl (C=O) groups is 2. The Morgan fingerprint density at radius 1 is 1.50 bits per heavy atom. The third kappa shape index (κ3) is 2.16. The van der Waals surface area contributed by atoms with Crippen LogP contribution in [0.15, 0.2) is 0 Å². The summed E-state index contributed by atoms with van der Waals surface area (Å²) in [6, 6.07) is -0.415. The molecule has 2 fully saturated rings. The third-order valence-electron chi connectivity index (χ3n) is 4.06. The van der Waals surface area contributed by atoms with Gasteiger partial charge >= 0.3 is 12.0 Å². The van der Waals surface area contributed by atoms with Crippen LogP contribution in [0.25, 0.3) is 0 Å². The molecule has 3 unspecified atom stereocenters. The Labute approximate surface area is 106 Å². The number of nitrogens with one attached hydrogen (secondary N) is 1. The maximum atomic E-state index is 12.1. The SMILES string of the molecule is CC1CCCN1C(=O)NC1COCC1(C)C(=O)O. The van der Waals surface area contributed by atoms with Crippen molar-refractivity contribution in [1.82, 2.24) is 10.2 Å². The quantitative estimate of drug-likeness (QED) is 0.761. The van der Waals surface area contributed by atoms with Gasteiger partial charge in [-0.1, -0.05) is 0 Å². The Morgan fingerprint density at radius 2 is 2.22 bits per heavy atom. The van der Waals surface area contributed by atoms with Crippen molar-refractivity contribution in [3.05, 3.63) is 0 Å². The number of nitrogens with zero attached hydrogens (tertiary/aromatic N) is 1. The molecule has 6 nitrogen and oxygen atoms in total. The van der Waals surface area contributed by atoms with Gasteiger partial charge in [-0.3, -0.25) is 4.79 Å². The normalized spacial score (nSPS) is 35.8. The molecule has 2 N–H and O–H groups in total. The Bertz CT molecular complexity index is 360. The molecule has 2 aliphatic rings. The highest BCUT2D eigenvalue weighted by Gasteiger charge is 2.48. The zero-order valence-electron chi connectivity index (χ0n) is 10.8. The van der Waals surface area contributed by atoms with E-state index in [9.17, 15) is 14.7 Å². The lowest BCUT2D eigenvalue weighted by Crippen LogP contribution is -2.53. The van der Waals surface area contributed by atoms with Crippen molar-refractivity contribution in [3.8, 4) is 0 Å². The lowest BCUT2D eigenvalue weighted by Gasteiger charge is -2.29. The molecule has 3 atom stereocenters. The first-order chi connectivity index (χ1) is 8.45. The molecule has 0 aromatic carbocycles. The summed E-state index contributed by atoms with van der Waals surface area (Å²) in [5.41, 5.74) is -1.03. The van der Waals surface area contributed by atoms with Gasteiger partial charge in [-0.15, -0.1) is 0 Å². The van der Waals surface area contributed by atoms with Crippen LogP contribution in [-0.2, 0) is 9.53 Å². The molecule has 0 radical (unpaired) electrons. The van der Waals surface area contributed by atoms with E-state index >= 15 is 0 Å². The fourth-order valence-electron chi connectivity index (χ4n) is 2.55. The molecule has 0 bridgehead atoms. The highest BCUT2D eigenvalue weighted by molar-refractivity contribution is 5.79. The van der Waals surface area contributed by atoms with E-state index in [0.717, 1.165) is 19.4 Å². The molecule has 0 aromatic heterocycles. The molecule has 6 heteroatoms. The second-order valence-corrected chi connectivity index (χ2v) is 5.42. The van der Waals surface area contributed by atoms with Crippen LogP contribution in [0.5, 0.6) is 0 Å². The minimum absolute atomic E-state index is 0.142. The average molecular weight is 256 g/mol. The van der Waals surface area contributed by atoms with Crippen LogP contribution in [0, 0.1) is 5.41 Å². The van der Waals surface area contributed by atoms with Gasteiger partial charge in [-0.05, 0) is 26.7 Å². The second kappa shape index (κ2) is 4.76. The zero-order chi connectivity index (χ0) is 13.3. The molecule has 0 saturated carbocycles. The van der Waals surface area contributed by atoms with Crippen LogP contribution < -0.4 is 5.32 Å². The first-order valence-corrected chi connectivity index (χ1v) is 6.33. The maximum Gasteiger partial charge on any atom is 0.317 e. The van der Waals surface area contributed by atoms with Crippen molar-refractivity contribution < 1.29 is 19.4 Å². The largest absolute Gasteiger partial charge is 0.481 e. The van der Waals surface area contributed by atoms with Gasteiger partial charge in [0.25, 0.3) is 0 Å². The van der Waals surface area contributed by atoms with Crippen molar-refractivity contribution >= 4 is 12.0 Å². The summed E-state index contributed by atoms with van der Waals surface area (Å²) in [5, 5.41) is 12.0. The van der Waals surface area contributed by atoms with E-state index in [4.69, 9.17) is 4.74 Å². The fourth-order valence-corrected chi connectivity index (χ4v) is 2.55. The van der Waals surface area contributed by atoms with Gasteiger partial charge in [0, 0.05) is 12.6 Å². The van der Waals surface area contributed by atoms with Gasteiger partial charge in [-0.2, -0.15) is 0 Å². The second-order valence-electron chi connectivity index (χ2n) is 5.42. The molecule has 102 valence electrons.